The molecule has 0 atom stereocenters. The van der Waals surface area contributed by atoms with Gasteiger partial charge in [0.2, 0.25) is 0 Å². The number of hydrogen-bond donors (Lipinski definition) is 2. The van der Waals surface area contributed by atoms with E-state index in [9.17, 15) is 14.7 Å². The number of likely N-dealkylation sites (N-methyl/N-ethyl adjacent to an activating group) is 1. The molecule has 0 unspecified atom stereocenters. The molecule has 174 valence electrons. The molecule has 5 rings (SSSR count). The molecule has 2 aliphatic rings. The van der Waals surface area contributed by atoms with Crippen LogP contribution in [0.2, 0.25) is 0 Å². The van der Waals surface area contributed by atoms with Gasteiger partial charge in [0.15, 0.2) is 0 Å². The lowest BCUT2D eigenvalue weighted by Gasteiger charge is -2.26. The fraction of sp³-hybridized carbons (Fsp3) is 0.231. The molecule has 1 aromatic heterocycles. The molecule has 3 heterocycles. The van der Waals surface area contributed by atoms with Crippen molar-refractivity contribution < 1.29 is 19.4 Å². The molecule has 0 aliphatic carbocycles. The number of carbonyl (C=O) groups is 2. The lowest BCUT2D eigenvalue weighted by Crippen LogP contribution is -2.35. The molecule has 2 aliphatic heterocycles. The van der Waals surface area contributed by atoms with Gasteiger partial charge in [0.25, 0.3) is 5.91 Å². The van der Waals surface area contributed by atoms with Gasteiger partial charge >= 0.3 is 5.97 Å². The number of thiophene rings is 1. The molecule has 0 spiro atoms. The number of carboxylic acid groups (broad SMARTS) is 1. The van der Waals surface area contributed by atoms with Crippen molar-refractivity contribution in [3.63, 3.8) is 0 Å². The number of aromatic carboxylic acids is 1. The van der Waals surface area contributed by atoms with E-state index < -0.39 is 5.97 Å². The number of nitrogens with one attached hydrogen (secondary N) is 1. The number of carboxylic acids is 1. The summed E-state index contributed by atoms with van der Waals surface area (Å²) in [7, 11) is 1.71. The van der Waals surface area contributed by atoms with Crippen LogP contribution in [0.3, 0.4) is 0 Å². The van der Waals surface area contributed by atoms with Gasteiger partial charge < -0.3 is 20.1 Å². The van der Waals surface area contributed by atoms with E-state index >= 15 is 0 Å². The van der Waals surface area contributed by atoms with Crippen LogP contribution in [0.1, 0.15) is 27.0 Å². The molecule has 0 saturated carbocycles. The van der Waals surface area contributed by atoms with Crippen LogP contribution in [0, 0.1) is 0 Å². The Balaban J connectivity index is 1.51. The SMILES string of the molecule is CN1C(=O)C(=C(Nc2ccc(CN3CCOCC3)cc2)c2ccsc2)c2cc(C(=O)O)ccc21. The highest BCUT2D eigenvalue weighted by Crippen LogP contribution is 2.41. The molecule has 8 heteroatoms. The minimum atomic E-state index is -1.02. The molecule has 1 amide bonds. The van der Waals surface area contributed by atoms with Gasteiger partial charge in [0.1, 0.15) is 0 Å². The highest BCUT2D eigenvalue weighted by molar-refractivity contribution is 7.08. The van der Waals surface area contributed by atoms with Crippen LogP contribution in [0.5, 0.6) is 0 Å². The average molecular weight is 476 g/mol. The van der Waals surface area contributed by atoms with Gasteiger partial charge in [0.05, 0.1) is 35.7 Å². The van der Waals surface area contributed by atoms with Crippen LogP contribution in [0.15, 0.2) is 59.3 Å². The first-order chi connectivity index (χ1) is 16.5. The Morgan fingerprint density at radius 1 is 1.09 bits per heavy atom. The lowest BCUT2D eigenvalue weighted by atomic mass is 9.99. The Hall–Kier alpha value is -3.46. The Labute approximate surface area is 201 Å². The fourth-order valence-electron chi connectivity index (χ4n) is 4.34. The van der Waals surface area contributed by atoms with Gasteiger partial charge in [0, 0.05) is 48.9 Å². The summed E-state index contributed by atoms with van der Waals surface area (Å²) in [6, 6.07) is 15.0. The molecule has 3 aromatic rings. The van der Waals surface area contributed by atoms with Gasteiger partial charge in [-0.3, -0.25) is 9.69 Å². The number of hydrogen-bond acceptors (Lipinski definition) is 6. The first-order valence-corrected chi connectivity index (χ1v) is 12.0. The fourth-order valence-corrected chi connectivity index (χ4v) is 4.98. The van der Waals surface area contributed by atoms with Gasteiger partial charge in [-0.2, -0.15) is 11.3 Å². The predicted octanol–water partition coefficient (Wildman–Crippen LogP) is 4.24. The molecule has 0 radical (unpaired) electrons. The van der Waals surface area contributed by atoms with Crippen molar-refractivity contribution in [3.8, 4) is 0 Å². The Kier molecular flexibility index (Phi) is 6.19. The number of nitrogens with zero attached hydrogens (tertiary/aromatic N) is 2. The summed E-state index contributed by atoms with van der Waals surface area (Å²) in [4.78, 5) is 28.8. The monoisotopic (exact) mass is 475 g/mol. The van der Waals surface area contributed by atoms with Gasteiger partial charge in [-0.1, -0.05) is 12.1 Å². The number of morpholine rings is 1. The summed E-state index contributed by atoms with van der Waals surface area (Å²) in [5.41, 5.74) is 5.55. The zero-order valence-corrected chi connectivity index (χ0v) is 19.6. The second-order valence-corrected chi connectivity index (χ2v) is 9.15. The summed E-state index contributed by atoms with van der Waals surface area (Å²) >= 11 is 1.54. The van der Waals surface area contributed by atoms with E-state index in [0.717, 1.165) is 44.1 Å². The maximum atomic E-state index is 13.3. The molecule has 34 heavy (non-hydrogen) atoms. The number of fused-ring (bicyclic) bond motifs is 1. The van der Waals surface area contributed by atoms with Crippen molar-refractivity contribution in [1.29, 1.82) is 0 Å². The van der Waals surface area contributed by atoms with E-state index in [0.29, 0.717) is 22.5 Å². The molecular weight excluding hydrogens is 450 g/mol. The highest BCUT2D eigenvalue weighted by Gasteiger charge is 2.34. The molecule has 7 nitrogen and oxygen atoms in total. The number of amides is 1. The molecule has 0 bridgehead atoms. The van der Waals surface area contributed by atoms with E-state index in [1.54, 1.807) is 35.4 Å². The molecule has 2 aromatic carbocycles. The van der Waals surface area contributed by atoms with Gasteiger partial charge in [-0.15, -0.1) is 0 Å². The van der Waals surface area contributed by atoms with Crippen molar-refractivity contribution in [2.24, 2.45) is 0 Å². The third kappa shape index (κ3) is 4.35. The summed E-state index contributed by atoms with van der Waals surface area (Å²) in [6.07, 6.45) is 0. The van der Waals surface area contributed by atoms with Crippen LogP contribution >= 0.6 is 11.3 Å². The van der Waals surface area contributed by atoms with Crippen LogP contribution < -0.4 is 10.2 Å². The van der Waals surface area contributed by atoms with Crippen LogP contribution in [-0.4, -0.2) is 55.2 Å². The number of carbonyl (C=O) groups excluding carboxylic acids is 1. The lowest BCUT2D eigenvalue weighted by molar-refractivity contribution is -0.112. The third-order valence-corrected chi connectivity index (χ3v) is 6.87. The quantitative estimate of drug-likeness (QED) is 0.519. The third-order valence-electron chi connectivity index (χ3n) is 6.19. The Morgan fingerprint density at radius 2 is 1.85 bits per heavy atom. The van der Waals surface area contributed by atoms with E-state index in [1.165, 1.54) is 11.6 Å². The maximum Gasteiger partial charge on any atom is 0.335 e. The second kappa shape index (κ2) is 9.42. The summed E-state index contributed by atoms with van der Waals surface area (Å²) < 4.78 is 5.43. The van der Waals surface area contributed by atoms with E-state index in [4.69, 9.17) is 4.74 Å². The summed E-state index contributed by atoms with van der Waals surface area (Å²) in [5.74, 6) is -1.19. The number of benzene rings is 2. The molecule has 1 saturated heterocycles. The summed E-state index contributed by atoms with van der Waals surface area (Å²) in [6.45, 7) is 4.27. The van der Waals surface area contributed by atoms with Crippen LogP contribution in [-0.2, 0) is 16.1 Å². The summed E-state index contributed by atoms with van der Waals surface area (Å²) in [5, 5.41) is 16.9. The first kappa shape index (κ1) is 22.3. The number of ether oxygens (including phenoxy) is 1. The van der Waals surface area contributed by atoms with E-state index in [1.807, 2.05) is 29.0 Å². The van der Waals surface area contributed by atoms with Gasteiger partial charge in [-0.25, -0.2) is 4.79 Å². The zero-order valence-electron chi connectivity index (χ0n) is 18.8. The smallest absolute Gasteiger partial charge is 0.335 e. The van der Waals surface area contributed by atoms with Crippen molar-refractivity contribution in [1.82, 2.24) is 4.90 Å². The topological polar surface area (TPSA) is 82.1 Å². The molecular formula is C26H25N3O4S. The van der Waals surface area contributed by atoms with Crippen molar-refractivity contribution in [2.45, 2.75) is 6.54 Å². The maximum absolute atomic E-state index is 13.3. The van der Waals surface area contributed by atoms with Crippen molar-refractivity contribution in [2.75, 3.05) is 43.6 Å². The predicted molar refractivity (Wildman–Crippen MR) is 134 cm³/mol. The minimum Gasteiger partial charge on any atom is -0.478 e. The second-order valence-electron chi connectivity index (χ2n) is 8.37. The number of rotatable bonds is 6. The van der Waals surface area contributed by atoms with Crippen LogP contribution in [0.25, 0.3) is 11.3 Å². The highest BCUT2D eigenvalue weighted by atomic mass is 32.1. The average Bonchev–Trinajstić information content (AvgIpc) is 3.47. The standard InChI is InChI=1S/C26H25N3O4S/c1-28-22-7-4-18(26(31)32)14-21(22)23(25(28)30)24(19-8-13-34-16-19)27-20-5-2-17(3-6-20)15-29-9-11-33-12-10-29/h2-8,13-14,16,27H,9-12,15H2,1H3,(H,31,32). The molecule has 1 fully saturated rings. The van der Waals surface area contributed by atoms with Crippen LogP contribution in [0.4, 0.5) is 11.4 Å². The van der Waals surface area contributed by atoms with Crippen molar-refractivity contribution >= 4 is 45.9 Å². The van der Waals surface area contributed by atoms with Gasteiger partial charge in [-0.05, 0) is 47.3 Å². The Morgan fingerprint density at radius 3 is 2.53 bits per heavy atom. The normalized spacial score (nSPS) is 17.6. The van der Waals surface area contributed by atoms with Crippen molar-refractivity contribution in [3.05, 3.63) is 81.5 Å². The van der Waals surface area contributed by atoms with E-state index in [2.05, 4.69) is 22.3 Å². The minimum absolute atomic E-state index is 0.150. The first-order valence-electron chi connectivity index (χ1n) is 11.1. The largest absolute Gasteiger partial charge is 0.478 e. The number of anilines is 2. The zero-order chi connectivity index (χ0) is 23.7. The molecule has 2 N–H and O–H groups in total. The van der Waals surface area contributed by atoms with E-state index in [-0.39, 0.29) is 11.5 Å². The Bertz CT molecular complexity index is 1250.